The van der Waals surface area contributed by atoms with E-state index in [0.717, 1.165) is 12.0 Å². The van der Waals surface area contributed by atoms with Gasteiger partial charge in [0.15, 0.2) is 0 Å². The first-order chi connectivity index (χ1) is 10.2. The largest absolute Gasteiger partial charge is 0.444 e. The minimum absolute atomic E-state index is 0.116. The molecule has 3 rings (SSSR count). The molecule has 1 amide bonds. The van der Waals surface area contributed by atoms with E-state index in [1.807, 2.05) is 37.3 Å². The van der Waals surface area contributed by atoms with Crippen LogP contribution in [0.1, 0.15) is 13.3 Å². The minimum Gasteiger partial charge on any atom is -0.444 e. The van der Waals surface area contributed by atoms with E-state index >= 15 is 0 Å². The lowest BCUT2D eigenvalue weighted by Crippen LogP contribution is -2.24. The second-order valence-corrected chi connectivity index (χ2v) is 5.05. The van der Waals surface area contributed by atoms with Crippen molar-refractivity contribution in [3.05, 3.63) is 54.3 Å². The van der Waals surface area contributed by atoms with Crippen LogP contribution in [0.5, 0.6) is 0 Å². The topological polar surface area (TPSA) is 29.5 Å². The van der Waals surface area contributed by atoms with E-state index in [2.05, 4.69) is 0 Å². The molecule has 0 radical (unpaired) electrons. The third-order valence-electron chi connectivity index (χ3n) is 3.68. The van der Waals surface area contributed by atoms with Crippen molar-refractivity contribution in [2.75, 3.05) is 11.4 Å². The van der Waals surface area contributed by atoms with E-state index in [-0.39, 0.29) is 11.9 Å². The van der Waals surface area contributed by atoms with Gasteiger partial charge in [-0.1, -0.05) is 37.3 Å². The predicted octanol–water partition coefficient (Wildman–Crippen LogP) is 4.23. The van der Waals surface area contributed by atoms with E-state index in [1.165, 1.54) is 11.0 Å². The lowest BCUT2D eigenvalue weighted by atomic mass is 10.0. The highest BCUT2D eigenvalue weighted by molar-refractivity contribution is 5.90. The Balaban J connectivity index is 1.90. The normalized spacial score (nSPS) is 17.9. The van der Waals surface area contributed by atoms with Gasteiger partial charge in [-0.3, -0.25) is 4.90 Å². The van der Waals surface area contributed by atoms with Crippen molar-refractivity contribution in [3.63, 3.8) is 0 Å². The summed E-state index contributed by atoms with van der Waals surface area (Å²) in [6.45, 7) is 2.43. The van der Waals surface area contributed by atoms with Gasteiger partial charge in [0.2, 0.25) is 0 Å². The van der Waals surface area contributed by atoms with Crippen molar-refractivity contribution in [1.29, 1.82) is 0 Å². The molecule has 2 aromatic carbocycles. The van der Waals surface area contributed by atoms with Crippen LogP contribution in [-0.4, -0.2) is 18.7 Å². The number of halogens is 1. The van der Waals surface area contributed by atoms with E-state index in [0.29, 0.717) is 17.8 Å². The van der Waals surface area contributed by atoms with Crippen molar-refractivity contribution >= 4 is 11.8 Å². The third kappa shape index (κ3) is 2.61. The maximum atomic E-state index is 14.3. The Bertz CT molecular complexity index is 657. The lowest BCUT2D eigenvalue weighted by Gasteiger charge is -2.14. The summed E-state index contributed by atoms with van der Waals surface area (Å²) < 4.78 is 19.5. The zero-order valence-corrected chi connectivity index (χ0v) is 11.8. The molecule has 2 aromatic rings. The highest BCUT2D eigenvalue weighted by atomic mass is 19.1. The summed E-state index contributed by atoms with van der Waals surface area (Å²) in [5, 5.41) is 0. The van der Waals surface area contributed by atoms with Crippen LogP contribution in [0.3, 0.4) is 0 Å². The summed E-state index contributed by atoms with van der Waals surface area (Å²) in [6, 6.07) is 14.2. The second-order valence-electron chi connectivity index (χ2n) is 5.05. The molecule has 1 aliphatic heterocycles. The Hall–Kier alpha value is -2.36. The maximum Gasteiger partial charge on any atom is 0.414 e. The van der Waals surface area contributed by atoms with Crippen LogP contribution in [-0.2, 0) is 4.74 Å². The van der Waals surface area contributed by atoms with Crippen molar-refractivity contribution < 1.29 is 13.9 Å². The maximum absolute atomic E-state index is 14.3. The molecule has 0 saturated carbocycles. The van der Waals surface area contributed by atoms with Gasteiger partial charge in [0.1, 0.15) is 11.9 Å². The fourth-order valence-electron chi connectivity index (χ4n) is 2.47. The Morgan fingerprint density at radius 1 is 1.24 bits per heavy atom. The number of benzene rings is 2. The molecule has 21 heavy (non-hydrogen) atoms. The van der Waals surface area contributed by atoms with Crippen LogP contribution in [0.25, 0.3) is 11.1 Å². The highest BCUT2D eigenvalue weighted by Gasteiger charge is 2.31. The zero-order valence-electron chi connectivity index (χ0n) is 11.8. The zero-order chi connectivity index (χ0) is 14.8. The van der Waals surface area contributed by atoms with Crippen LogP contribution in [0.15, 0.2) is 48.5 Å². The van der Waals surface area contributed by atoms with Gasteiger partial charge >= 0.3 is 6.09 Å². The molecule has 0 bridgehead atoms. The van der Waals surface area contributed by atoms with Gasteiger partial charge < -0.3 is 4.74 Å². The highest BCUT2D eigenvalue weighted by Crippen LogP contribution is 2.29. The number of nitrogens with zero attached hydrogens (tertiary/aromatic N) is 1. The fourth-order valence-corrected chi connectivity index (χ4v) is 2.47. The molecule has 1 unspecified atom stereocenters. The molecule has 1 heterocycles. The van der Waals surface area contributed by atoms with Gasteiger partial charge in [0.25, 0.3) is 0 Å². The molecule has 3 nitrogen and oxygen atoms in total. The van der Waals surface area contributed by atoms with E-state index in [9.17, 15) is 9.18 Å². The second kappa shape index (κ2) is 5.56. The Morgan fingerprint density at radius 3 is 2.62 bits per heavy atom. The number of carbonyl (C=O) groups excluding carboxylic acids is 1. The molecule has 4 heteroatoms. The van der Waals surface area contributed by atoms with Gasteiger partial charge in [-0.05, 0) is 30.2 Å². The molecular formula is C17H16FNO2. The smallest absolute Gasteiger partial charge is 0.414 e. The van der Waals surface area contributed by atoms with Crippen molar-refractivity contribution in [2.45, 2.75) is 19.4 Å². The minimum atomic E-state index is -0.409. The number of cyclic esters (lactones) is 1. The lowest BCUT2D eigenvalue weighted by molar-refractivity contribution is 0.139. The molecule has 1 saturated heterocycles. The van der Waals surface area contributed by atoms with E-state index in [4.69, 9.17) is 4.74 Å². The molecule has 0 spiro atoms. The van der Waals surface area contributed by atoms with Crippen LogP contribution in [0.2, 0.25) is 0 Å². The standard InChI is InChI=1S/C17H16FNO2/c1-2-14-11-19(17(20)21-14)13-8-9-15(16(18)10-13)12-6-4-3-5-7-12/h3-10,14H,2,11H2,1H3. The number of hydrogen-bond acceptors (Lipinski definition) is 2. The summed E-state index contributed by atoms with van der Waals surface area (Å²) in [4.78, 5) is 13.3. The summed E-state index contributed by atoms with van der Waals surface area (Å²) >= 11 is 0. The van der Waals surface area contributed by atoms with Gasteiger partial charge in [-0.15, -0.1) is 0 Å². The van der Waals surface area contributed by atoms with Crippen molar-refractivity contribution in [2.24, 2.45) is 0 Å². The number of amides is 1. The first-order valence-electron chi connectivity index (χ1n) is 7.02. The van der Waals surface area contributed by atoms with Crippen molar-refractivity contribution in [1.82, 2.24) is 0 Å². The van der Waals surface area contributed by atoms with Crippen LogP contribution < -0.4 is 4.90 Å². The number of hydrogen-bond donors (Lipinski definition) is 0. The Morgan fingerprint density at radius 2 is 2.00 bits per heavy atom. The molecule has 1 atom stereocenters. The van der Waals surface area contributed by atoms with Gasteiger partial charge in [-0.2, -0.15) is 0 Å². The van der Waals surface area contributed by atoms with Gasteiger partial charge in [0, 0.05) is 5.56 Å². The van der Waals surface area contributed by atoms with Gasteiger partial charge in [0.05, 0.1) is 12.2 Å². The monoisotopic (exact) mass is 285 g/mol. The predicted molar refractivity (Wildman–Crippen MR) is 79.7 cm³/mol. The average Bonchev–Trinajstić information content (AvgIpc) is 2.89. The van der Waals surface area contributed by atoms with Crippen LogP contribution in [0.4, 0.5) is 14.9 Å². The number of rotatable bonds is 3. The van der Waals surface area contributed by atoms with Gasteiger partial charge in [-0.25, -0.2) is 9.18 Å². The van der Waals surface area contributed by atoms with Crippen LogP contribution >= 0.6 is 0 Å². The molecule has 0 aromatic heterocycles. The molecule has 1 aliphatic rings. The quantitative estimate of drug-likeness (QED) is 0.844. The van der Waals surface area contributed by atoms with Crippen molar-refractivity contribution in [3.8, 4) is 11.1 Å². The summed E-state index contributed by atoms with van der Waals surface area (Å²) in [5.74, 6) is -0.341. The van der Waals surface area contributed by atoms with E-state index < -0.39 is 6.09 Å². The molecule has 1 fully saturated rings. The fraction of sp³-hybridized carbons (Fsp3) is 0.235. The molecular weight excluding hydrogens is 269 g/mol. The Kier molecular flexibility index (Phi) is 3.60. The molecule has 0 aliphatic carbocycles. The first kappa shape index (κ1) is 13.6. The Labute approximate surface area is 123 Å². The number of ether oxygens (including phenoxy) is 1. The number of carbonyl (C=O) groups is 1. The first-order valence-corrected chi connectivity index (χ1v) is 7.02. The number of anilines is 1. The molecule has 0 N–H and O–H groups in total. The average molecular weight is 285 g/mol. The summed E-state index contributed by atoms with van der Waals surface area (Å²) in [7, 11) is 0. The molecule has 108 valence electrons. The van der Waals surface area contributed by atoms with E-state index in [1.54, 1.807) is 12.1 Å². The summed E-state index contributed by atoms with van der Waals surface area (Å²) in [6.07, 6.45) is 0.232. The summed E-state index contributed by atoms with van der Waals surface area (Å²) in [5.41, 5.74) is 1.88. The van der Waals surface area contributed by atoms with Crippen LogP contribution in [0, 0.1) is 5.82 Å². The third-order valence-corrected chi connectivity index (χ3v) is 3.68. The SMILES string of the molecule is CCC1CN(c2ccc(-c3ccccc3)c(F)c2)C(=O)O1.